The maximum absolute atomic E-state index is 11.1. The van der Waals surface area contributed by atoms with Gasteiger partial charge < -0.3 is 15.3 Å². The third-order valence-corrected chi connectivity index (χ3v) is 6.10. The fourth-order valence-electron chi connectivity index (χ4n) is 4.23. The Hall–Kier alpha value is -0.640. The number of rotatable bonds is 1. The highest BCUT2D eigenvalue weighted by Gasteiger charge is 2.47. The summed E-state index contributed by atoms with van der Waals surface area (Å²) in [6.45, 7) is 10.0. The molecule has 2 aliphatic carbocycles. The van der Waals surface area contributed by atoms with Crippen molar-refractivity contribution in [3.05, 3.63) is 23.3 Å². The van der Waals surface area contributed by atoms with Crippen LogP contribution in [0.5, 0.6) is 0 Å². The van der Waals surface area contributed by atoms with Crippen molar-refractivity contribution in [3.8, 4) is 0 Å². The molecule has 1 fully saturated rings. The van der Waals surface area contributed by atoms with Crippen molar-refractivity contribution >= 4 is 0 Å². The van der Waals surface area contributed by atoms with Crippen molar-refractivity contribution < 1.29 is 15.3 Å². The number of hydrogen-bond acceptors (Lipinski definition) is 3. The van der Waals surface area contributed by atoms with E-state index in [1.54, 1.807) is 0 Å². The monoisotopic (exact) mass is 322 g/mol. The molecule has 0 unspecified atom stereocenters. The summed E-state index contributed by atoms with van der Waals surface area (Å²) in [5, 5.41) is 32.6. The van der Waals surface area contributed by atoms with Crippen LogP contribution in [0.4, 0.5) is 0 Å². The van der Waals surface area contributed by atoms with Crippen molar-refractivity contribution in [1.82, 2.24) is 0 Å². The van der Waals surface area contributed by atoms with Gasteiger partial charge in [0, 0.05) is 5.92 Å². The first-order valence-electron chi connectivity index (χ1n) is 9.04. The zero-order chi connectivity index (χ0) is 17.4. The Labute approximate surface area is 141 Å². The van der Waals surface area contributed by atoms with Gasteiger partial charge >= 0.3 is 0 Å². The van der Waals surface area contributed by atoms with Crippen LogP contribution in [0.15, 0.2) is 23.3 Å². The summed E-state index contributed by atoms with van der Waals surface area (Å²) in [5.74, 6) is 0.195. The fraction of sp³-hybridized carbons (Fsp3) is 0.800. The van der Waals surface area contributed by atoms with Crippen LogP contribution >= 0.6 is 0 Å². The molecule has 3 nitrogen and oxygen atoms in total. The summed E-state index contributed by atoms with van der Waals surface area (Å²) in [5.41, 5.74) is 0.537. The minimum Gasteiger partial charge on any atom is -0.390 e. The molecule has 1 saturated carbocycles. The molecule has 0 amide bonds. The van der Waals surface area contributed by atoms with E-state index in [9.17, 15) is 15.3 Å². The summed E-state index contributed by atoms with van der Waals surface area (Å²) >= 11 is 0. The van der Waals surface area contributed by atoms with Gasteiger partial charge in [-0.05, 0) is 70.3 Å². The average molecular weight is 322 g/mol. The van der Waals surface area contributed by atoms with Gasteiger partial charge in [-0.1, -0.05) is 31.6 Å². The Morgan fingerprint density at radius 2 is 1.74 bits per heavy atom. The number of aliphatic hydroxyl groups excluding tert-OH is 1. The van der Waals surface area contributed by atoms with E-state index in [1.165, 1.54) is 5.57 Å². The van der Waals surface area contributed by atoms with Crippen LogP contribution in [-0.4, -0.2) is 32.6 Å². The van der Waals surface area contributed by atoms with Crippen LogP contribution in [0.3, 0.4) is 0 Å². The molecule has 0 heterocycles. The van der Waals surface area contributed by atoms with E-state index in [4.69, 9.17) is 0 Å². The lowest BCUT2D eigenvalue weighted by molar-refractivity contribution is -0.0625. The van der Waals surface area contributed by atoms with E-state index in [0.29, 0.717) is 31.6 Å². The van der Waals surface area contributed by atoms with Gasteiger partial charge in [0.2, 0.25) is 0 Å². The lowest BCUT2D eigenvalue weighted by atomic mass is 9.70. The first-order valence-corrected chi connectivity index (χ1v) is 9.04. The molecule has 3 heteroatoms. The molecule has 3 N–H and O–H groups in total. The summed E-state index contributed by atoms with van der Waals surface area (Å²) in [6, 6.07) is 0. The number of allylic oxidation sites excluding steroid dienone is 1. The highest BCUT2D eigenvalue weighted by atomic mass is 16.3. The van der Waals surface area contributed by atoms with Gasteiger partial charge in [-0.25, -0.2) is 0 Å². The second kappa shape index (κ2) is 6.70. The summed E-state index contributed by atoms with van der Waals surface area (Å²) in [7, 11) is 0. The van der Waals surface area contributed by atoms with Gasteiger partial charge in [-0.15, -0.1) is 0 Å². The highest BCUT2D eigenvalue weighted by Crippen LogP contribution is 2.46. The van der Waals surface area contributed by atoms with E-state index in [-0.39, 0.29) is 11.8 Å². The van der Waals surface area contributed by atoms with Crippen LogP contribution in [0.25, 0.3) is 0 Å². The predicted octanol–water partition coefficient (Wildman–Crippen LogP) is 3.59. The van der Waals surface area contributed by atoms with E-state index < -0.39 is 17.3 Å². The topological polar surface area (TPSA) is 60.7 Å². The van der Waals surface area contributed by atoms with Crippen molar-refractivity contribution in [2.24, 2.45) is 17.8 Å². The Morgan fingerprint density at radius 1 is 1.13 bits per heavy atom. The Morgan fingerprint density at radius 3 is 2.35 bits per heavy atom. The lowest BCUT2D eigenvalue weighted by Crippen LogP contribution is -2.44. The van der Waals surface area contributed by atoms with Crippen LogP contribution in [0.1, 0.15) is 66.7 Å². The van der Waals surface area contributed by atoms with Crippen LogP contribution in [0, 0.1) is 17.8 Å². The number of aliphatic hydroxyl groups is 3. The third kappa shape index (κ3) is 4.07. The normalized spacial score (nSPS) is 42.7. The van der Waals surface area contributed by atoms with E-state index in [1.807, 2.05) is 20.8 Å². The van der Waals surface area contributed by atoms with E-state index >= 15 is 0 Å². The molecule has 0 aliphatic heterocycles. The molecule has 0 aromatic carbocycles. The molecule has 2 aliphatic rings. The summed E-state index contributed by atoms with van der Waals surface area (Å²) in [4.78, 5) is 0. The zero-order valence-electron chi connectivity index (χ0n) is 15.3. The minimum absolute atomic E-state index is 0.0333. The molecule has 0 radical (unpaired) electrons. The van der Waals surface area contributed by atoms with Crippen molar-refractivity contribution in [2.75, 3.05) is 0 Å². The Bertz CT molecular complexity index is 485. The molecule has 23 heavy (non-hydrogen) atoms. The van der Waals surface area contributed by atoms with Gasteiger partial charge in [0.25, 0.3) is 0 Å². The van der Waals surface area contributed by atoms with Gasteiger partial charge in [-0.2, -0.15) is 0 Å². The van der Waals surface area contributed by atoms with Crippen LogP contribution in [-0.2, 0) is 0 Å². The maximum atomic E-state index is 11.1. The number of hydrogen-bond donors (Lipinski definition) is 3. The Balaban J connectivity index is 2.56. The third-order valence-electron chi connectivity index (χ3n) is 6.10. The first kappa shape index (κ1) is 18.7. The molecule has 0 aromatic rings. The molecule has 0 bridgehead atoms. The molecular weight excluding hydrogens is 288 g/mol. The van der Waals surface area contributed by atoms with Crippen molar-refractivity contribution in [3.63, 3.8) is 0 Å². The molecule has 132 valence electrons. The zero-order valence-corrected chi connectivity index (χ0v) is 15.3. The fourth-order valence-corrected chi connectivity index (χ4v) is 4.23. The number of fused-ring (bicyclic) bond motifs is 1. The lowest BCUT2D eigenvalue weighted by Gasteiger charge is -2.40. The highest BCUT2D eigenvalue weighted by molar-refractivity contribution is 5.21. The summed E-state index contributed by atoms with van der Waals surface area (Å²) in [6.07, 6.45) is 7.33. The molecule has 0 saturated heterocycles. The minimum atomic E-state index is -0.817. The second-order valence-electron chi connectivity index (χ2n) is 8.50. The van der Waals surface area contributed by atoms with Gasteiger partial charge in [-0.3, -0.25) is 0 Å². The predicted molar refractivity (Wildman–Crippen MR) is 94.0 cm³/mol. The summed E-state index contributed by atoms with van der Waals surface area (Å²) < 4.78 is 0. The quantitative estimate of drug-likeness (QED) is 0.647. The molecule has 2 rings (SSSR count). The first-order chi connectivity index (χ1) is 10.5. The molecule has 0 spiro atoms. The Kier molecular flexibility index (Phi) is 5.44. The standard InChI is InChI=1S/C20H34O3/c1-13(2)15-11-17-16(8-7-14(3)18(21)12-15)19(4,22)9-6-10-20(17,5)23/h7,11,13,16-18,21-23H,6,8-10,12H2,1-5H3/t16-,17-,18-,19+,20-/m1/s1. The van der Waals surface area contributed by atoms with Crippen LogP contribution < -0.4 is 0 Å². The van der Waals surface area contributed by atoms with E-state index in [0.717, 1.165) is 12.0 Å². The van der Waals surface area contributed by atoms with Gasteiger partial charge in [0.05, 0.1) is 17.3 Å². The second-order valence-corrected chi connectivity index (χ2v) is 8.50. The molecule has 0 aromatic heterocycles. The average Bonchev–Trinajstić information content (AvgIpc) is 2.47. The maximum Gasteiger partial charge on any atom is 0.0784 e. The van der Waals surface area contributed by atoms with Crippen molar-refractivity contribution in [2.45, 2.75) is 84.0 Å². The van der Waals surface area contributed by atoms with Crippen LogP contribution in [0.2, 0.25) is 0 Å². The van der Waals surface area contributed by atoms with E-state index in [2.05, 4.69) is 26.0 Å². The molecular formula is C20H34O3. The smallest absolute Gasteiger partial charge is 0.0784 e. The van der Waals surface area contributed by atoms with Gasteiger partial charge in [0.1, 0.15) is 0 Å². The van der Waals surface area contributed by atoms with Gasteiger partial charge in [0.15, 0.2) is 0 Å². The van der Waals surface area contributed by atoms with Crippen molar-refractivity contribution in [1.29, 1.82) is 0 Å². The largest absolute Gasteiger partial charge is 0.390 e. The SMILES string of the molecule is CC1=CC[C@@H]2[C@@H](C=C(C(C)C)C[C@H]1O)[C@](C)(O)CCC[C@]2(C)O. The molecule has 5 atom stereocenters.